The van der Waals surface area contributed by atoms with Crippen molar-refractivity contribution in [1.82, 2.24) is 0 Å². The van der Waals surface area contributed by atoms with Crippen LogP contribution < -0.4 is 24.0 Å². The predicted molar refractivity (Wildman–Crippen MR) is 47.6 cm³/mol. The van der Waals surface area contributed by atoms with Crippen molar-refractivity contribution in [3.05, 3.63) is 0 Å². The Kier molecular flexibility index (Phi) is 14.4. The topological polar surface area (TPSA) is 40.1 Å². The molecule has 0 aliphatic carbocycles. The first kappa shape index (κ1) is 15.5. The fraction of sp³-hybridized carbons (Fsp3) is 0.900. The molecule has 0 amide bonds. The van der Waals surface area contributed by atoms with Gasteiger partial charge in [-0.25, -0.2) is 0 Å². The molecule has 0 aromatic heterocycles. The second-order valence-electron chi connectivity index (χ2n) is 3.24. The molecule has 0 rings (SSSR count). The molecule has 0 saturated heterocycles. The molecule has 0 spiro atoms. The average molecular weight is 178 g/mol. The molecule has 0 heterocycles. The second kappa shape index (κ2) is 12.1. The minimum atomic E-state index is -0.913. The van der Waals surface area contributed by atoms with Crippen LogP contribution in [-0.2, 0) is 4.79 Å². The van der Waals surface area contributed by atoms with Gasteiger partial charge in [-0.1, -0.05) is 45.4 Å². The molecule has 0 fully saturated rings. The molecule has 72 valence electrons. The first-order valence-electron chi connectivity index (χ1n) is 4.97. The van der Waals surface area contributed by atoms with E-state index >= 15 is 0 Å². The summed E-state index contributed by atoms with van der Waals surface area (Å²) < 4.78 is 0. The zero-order chi connectivity index (χ0) is 9.23. The molecule has 13 heavy (non-hydrogen) atoms. The van der Waals surface area contributed by atoms with Crippen LogP contribution in [0.3, 0.4) is 0 Å². The molecule has 0 unspecified atom stereocenters. The molecule has 0 aromatic carbocycles. The van der Waals surface area contributed by atoms with E-state index in [0.29, 0.717) is 0 Å². The van der Waals surface area contributed by atoms with Crippen LogP contribution in [0.5, 0.6) is 0 Å². The molecular formula is C10H19LiO2. The van der Waals surface area contributed by atoms with Crippen molar-refractivity contribution >= 4 is 5.97 Å². The zero-order valence-corrected chi connectivity index (χ0v) is 8.97. The Labute approximate surface area is 93.3 Å². The number of hydrogen-bond acceptors (Lipinski definition) is 2. The number of carboxylic acids is 1. The number of carbonyl (C=O) groups is 1. The maximum atomic E-state index is 10.0. The Balaban J connectivity index is 0. The van der Waals surface area contributed by atoms with E-state index in [1.54, 1.807) is 0 Å². The maximum absolute atomic E-state index is 10.0. The quantitative estimate of drug-likeness (QED) is 0.349. The largest absolute Gasteiger partial charge is 1.00 e. The summed E-state index contributed by atoms with van der Waals surface area (Å²) in [5.74, 6) is -0.913. The van der Waals surface area contributed by atoms with Crippen molar-refractivity contribution in [2.75, 3.05) is 0 Å². The third kappa shape index (κ3) is 14.9. The van der Waals surface area contributed by atoms with Gasteiger partial charge in [0.2, 0.25) is 0 Å². The summed E-state index contributed by atoms with van der Waals surface area (Å²) in [6.07, 6.45) is 8.34. The number of rotatable bonds is 8. The number of carbonyl (C=O) groups excluding carboxylic acids is 1. The first-order chi connectivity index (χ1) is 5.77. The SMILES string of the molecule is CCCCCCCCCC(=O)[O-].[Li+]. The van der Waals surface area contributed by atoms with E-state index in [2.05, 4.69) is 6.92 Å². The van der Waals surface area contributed by atoms with Crippen molar-refractivity contribution < 1.29 is 28.8 Å². The summed E-state index contributed by atoms with van der Waals surface area (Å²) in [6, 6.07) is 0. The van der Waals surface area contributed by atoms with Crippen LogP contribution in [0.1, 0.15) is 58.3 Å². The Morgan fingerprint density at radius 3 is 1.92 bits per heavy atom. The van der Waals surface area contributed by atoms with Gasteiger partial charge in [-0.3, -0.25) is 0 Å². The monoisotopic (exact) mass is 178 g/mol. The minimum absolute atomic E-state index is 0. The van der Waals surface area contributed by atoms with Crippen LogP contribution in [-0.4, -0.2) is 5.97 Å². The van der Waals surface area contributed by atoms with Gasteiger partial charge in [-0.05, 0) is 12.8 Å². The van der Waals surface area contributed by atoms with Gasteiger partial charge in [0, 0.05) is 5.97 Å². The second-order valence-corrected chi connectivity index (χ2v) is 3.24. The summed E-state index contributed by atoms with van der Waals surface area (Å²) in [4.78, 5) is 10.0. The van der Waals surface area contributed by atoms with Crippen molar-refractivity contribution in [2.24, 2.45) is 0 Å². The summed E-state index contributed by atoms with van der Waals surface area (Å²) in [7, 11) is 0. The van der Waals surface area contributed by atoms with Gasteiger partial charge < -0.3 is 9.90 Å². The minimum Gasteiger partial charge on any atom is -0.550 e. The fourth-order valence-corrected chi connectivity index (χ4v) is 1.23. The molecule has 0 aromatic rings. The van der Waals surface area contributed by atoms with E-state index in [9.17, 15) is 9.90 Å². The summed E-state index contributed by atoms with van der Waals surface area (Å²) >= 11 is 0. The standard InChI is InChI=1S/C10H20O2.Li/c1-2-3-4-5-6-7-8-9-10(11)12;/h2-9H2,1H3,(H,11,12);/q;+1/p-1. The van der Waals surface area contributed by atoms with Crippen LogP contribution in [0, 0.1) is 0 Å². The molecule has 0 bridgehead atoms. The van der Waals surface area contributed by atoms with Crippen molar-refractivity contribution in [1.29, 1.82) is 0 Å². The molecule has 2 nitrogen and oxygen atoms in total. The van der Waals surface area contributed by atoms with E-state index in [0.717, 1.165) is 12.8 Å². The van der Waals surface area contributed by atoms with E-state index in [4.69, 9.17) is 0 Å². The molecule has 3 heteroatoms. The summed E-state index contributed by atoms with van der Waals surface area (Å²) in [5.41, 5.74) is 0. The average Bonchev–Trinajstić information content (AvgIpc) is 2.02. The summed E-state index contributed by atoms with van der Waals surface area (Å²) in [6.45, 7) is 2.19. The van der Waals surface area contributed by atoms with Crippen LogP contribution in [0.2, 0.25) is 0 Å². The number of unbranched alkanes of at least 4 members (excludes halogenated alkanes) is 6. The van der Waals surface area contributed by atoms with Crippen LogP contribution >= 0.6 is 0 Å². The number of hydrogen-bond donors (Lipinski definition) is 0. The van der Waals surface area contributed by atoms with Gasteiger partial charge in [0.15, 0.2) is 0 Å². The predicted octanol–water partition coefficient (Wildman–Crippen LogP) is -1.12. The van der Waals surface area contributed by atoms with E-state index < -0.39 is 5.97 Å². The van der Waals surface area contributed by atoms with Crippen LogP contribution in [0.15, 0.2) is 0 Å². The molecule has 0 aliphatic heterocycles. The number of carboxylic acid groups (broad SMARTS) is 1. The Hall–Kier alpha value is 0.0674. The zero-order valence-electron chi connectivity index (χ0n) is 8.97. The van der Waals surface area contributed by atoms with Gasteiger partial charge in [-0.2, -0.15) is 0 Å². The van der Waals surface area contributed by atoms with E-state index in [1.165, 1.54) is 32.1 Å². The van der Waals surface area contributed by atoms with Gasteiger partial charge in [0.25, 0.3) is 0 Å². The molecule has 0 atom stereocenters. The summed E-state index contributed by atoms with van der Waals surface area (Å²) in [5, 5.41) is 10.0. The molecule has 0 radical (unpaired) electrons. The third-order valence-electron chi connectivity index (χ3n) is 1.98. The Bertz CT molecular complexity index is 115. The first-order valence-corrected chi connectivity index (χ1v) is 4.97. The van der Waals surface area contributed by atoms with Gasteiger partial charge in [-0.15, -0.1) is 0 Å². The van der Waals surface area contributed by atoms with E-state index in [-0.39, 0.29) is 25.3 Å². The van der Waals surface area contributed by atoms with Gasteiger partial charge in [0.05, 0.1) is 0 Å². The van der Waals surface area contributed by atoms with Gasteiger partial charge in [0.1, 0.15) is 0 Å². The van der Waals surface area contributed by atoms with Crippen LogP contribution in [0.4, 0.5) is 0 Å². The smallest absolute Gasteiger partial charge is 0.550 e. The van der Waals surface area contributed by atoms with Crippen molar-refractivity contribution in [3.63, 3.8) is 0 Å². The third-order valence-corrected chi connectivity index (χ3v) is 1.98. The maximum Gasteiger partial charge on any atom is 1.00 e. The Morgan fingerprint density at radius 1 is 1.00 bits per heavy atom. The van der Waals surface area contributed by atoms with Crippen molar-refractivity contribution in [2.45, 2.75) is 58.3 Å². The van der Waals surface area contributed by atoms with E-state index in [1.807, 2.05) is 0 Å². The van der Waals surface area contributed by atoms with Crippen LogP contribution in [0.25, 0.3) is 0 Å². The molecular weight excluding hydrogens is 159 g/mol. The van der Waals surface area contributed by atoms with Gasteiger partial charge >= 0.3 is 18.9 Å². The fourth-order valence-electron chi connectivity index (χ4n) is 1.23. The molecule has 0 saturated carbocycles. The molecule has 0 aliphatic rings. The normalized spacial score (nSPS) is 9.31. The number of aliphatic carboxylic acids is 1. The Morgan fingerprint density at radius 2 is 1.46 bits per heavy atom. The van der Waals surface area contributed by atoms with Crippen molar-refractivity contribution in [3.8, 4) is 0 Å². The molecule has 0 N–H and O–H groups in total.